The molecule has 5 nitrogen and oxygen atoms in total. The van der Waals surface area contributed by atoms with Gasteiger partial charge >= 0.3 is 0 Å². The minimum absolute atomic E-state index is 0.0599. The van der Waals surface area contributed by atoms with Crippen LogP contribution in [0.4, 0.5) is 11.8 Å². The van der Waals surface area contributed by atoms with Crippen LogP contribution in [-0.2, 0) is 6.42 Å². The average Bonchev–Trinajstić information content (AvgIpc) is 1.85. The molecule has 0 unspecified atom stereocenters. The zero-order valence-corrected chi connectivity index (χ0v) is 6.22. The standard InChI is InChI=1S/C6H10N4O/c1-2-3-4(7)9-6(8)10-5(3)11/h2H2,1H3,(H5,7,8,9,10,11). The molecule has 0 aliphatic heterocycles. The number of aromatic amines is 1. The van der Waals surface area contributed by atoms with Crippen molar-refractivity contribution in [1.29, 1.82) is 0 Å². The SMILES string of the molecule is CCc1c(N)nc(N)[nH]c1=O. The molecule has 5 N–H and O–H groups in total. The van der Waals surface area contributed by atoms with E-state index in [9.17, 15) is 4.79 Å². The third-order valence-electron chi connectivity index (χ3n) is 1.42. The molecule has 0 aliphatic carbocycles. The molecule has 0 radical (unpaired) electrons. The van der Waals surface area contributed by atoms with Gasteiger partial charge in [0.2, 0.25) is 5.95 Å². The first kappa shape index (κ1) is 7.59. The fourth-order valence-corrected chi connectivity index (χ4v) is 0.875. The fraction of sp³-hybridized carbons (Fsp3) is 0.333. The van der Waals surface area contributed by atoms with Crippen LogP contribution in [0, 0.1) is 0 Å². The lowest BCUT2D eigenvalue weighted by molar-refractivity contribution is 1.02. The predicted molar refractivity (Wildman–Crippen MR) is 43.1 cm³/mol. The molecule has 1 heterocycles. The molecule has 0 aliphatic rings. The van der Waals surface area contributed by atoms with Gasteiger partial charge in [0.15, 0.2) is 0 Å². The molecule has 1 aromatic rings. The monoisotopic (exact) mass is 154 g/mol. The summed E-state index contributed by atoms with van der Waals surface area (Å²) in [5.41, 5.74) is 10.9. The molecule has 60 valence electrons. The molecule has 0 saturated carbocycles. The Morgan fingerprint density at radius 1 is 1.55 bits per heavy atom. The van der Waals surface area contributed by atoms with E-state index in [0.717, 1.165) is 0 Å². The summed E-state index contributed by atoms with van der Waals surface area (Å²) in [6.45, 7) is 1.83. The predicted octanol–water partition coefficient (Wildman–Crippen LogP) is -0.503. The van der Waals surface area contributed by atoms with Crippen LogP contribution in [0.15, 0.2) is 4.79 Å². The van der Waals surface area contributed by atoms with E-state index < -0.39 is 0 Å². The van der Waals surface area contributed by atoms with Crippen LogP contribution < -0.4 is 17.0 Å². The second kappa shape index (κ2) is 2.61. The van der Waals surface area contributed by atoms with E-state index in [1.807, 2.05) is 6.92 Å². The minimum Gasteiger partial charge on any atom is -0.383 e. The maximum atomic E-state index is 11.0. The summed E-state index contributed by atoms with van der Waals surface area (Å²) >= 11 is 0. The van der Waals surface area contributed by atoms with Crippen LogP contribution in [-0.4, -0.2) is 9.97 Å². The van der Waals surface area contributed by atoms with Crippen LogP contribution in [0.25, 0.3) is 0 Å². The Bertz CT molecular complexity index is 317. The molecule has 0 bridgehead atoms. The lowest BCUT2D eigenvalue weighted by Gasteiger charge is -2.00. The maximum absolute atomic E-state index is 11.0. The lowest BCUT2D eigenvalue weighted by Crippen LogP contribution is -2.18. The molecule has 1 rings (SSSR count). The van der Waals surface area contributed by atoms with Gasteiger partial charge in [-0.25, -0.2) is 0 Å². The summed E-state index contributed by atoms with van der Waals surface area (Å²) < 4.78 is 0. The molecule has 0 saturated heterocycles. The number of nitrogens with two attached hydrogens (primary N) is 2. The van der Waals surface area contributed by atoms with Crippen molar-refractivity contribution in [3.8, 4) is 0 Å². The number of nitrogens with one attached hydrogen (secondary N) is 1. The molecule has 0 fully saturated rings. The summed E-state index contributed by atoms with van der Waals surface area (Å²) in [7, 11) is 0. The van der Waals surface area contributed by atoms with Crippen LogP contribution in [0.1, 0.15) is 12.5 Å². The smallest absolute Gasteiger partial charge is 0.257 e. The number of rotatable bonds is 1. The van der Waals surface area contributed by atoms with Crippen molar-refractivity contribution in [2.75, 3.05) is 11.5 Å². The minimum atomic E-state index is -0.252. The summed E-state index contributed by atoms with van der Waals surface area (Å²) in [6, 6.07) is 0. The van der Waals surface area contributed by atoms with Crippen molar-refractivity contribution in [3.63, 3.8) is 0 Å². The van der Waals surface area contributed by atoms with Crippen molar-refractivity contribution < 1.29 is 0 Å². The molecule has 0 aromatic carbocycles. The van der Waals surface area contributed by atoms with E-state index >= 15 is 0 Å². The van der Waals surface area contributed by atoms with Crippen molar-refractivity contribution in [3.05, 3.63) is 15.9 Å². The first-order chi connectivity index (χ1) is 5.15. The number of H-pyrrole nitrogens is 1. The Labute approximate surface area is 63.4 Å². The molecule has 5 heteroatoms. The highest BCUT2D eigenvalue weighted by Gasteiger charge is 2.03. The second-order valence-corrected chi connectivity index (χ2v) is 2.17. The Morgan fingerprint density at radius 3 is 2.64 bits per heavy atom. The van der Waals surface area contributed by atoms with Crippen LogP contribution >= 0.6 is 0 Å². The normalized spacial score (nSPS) is 9.91. The van der Waals surface area contributed by atoms with E-state index in [4.69, 9.17) is 11.5 Å². The number of hydrogen-bond acceptors (Lipinski definition) is 4. The zero-order chi connectivity index (χ0) is 8.43. The Hall–Kier alpha value is -1.52. The molecule has 0 amide bonds. The molecular formula is C6H10N4O. The number of anilines is 2. The Balaban J connectivity index is 3.37. The largest absolute Gasteiger partial charge is 0.383 e. The Kier molecular flexibility index (Phi) is 1.80. The quantitative estimate of drug-likeness (QED) is 0.507. The molecular weight excluding hydrogens is 144 g/mol. The maximum Gasteiger partial charge on any atom is 0.257 e. The van der Waals surface area contributed by atoms with Crippen molar-refractivity contribution in [2.45, 2.75) is 13.3 Å². The van der Waals surface area contributed by atoms with Gasteiger partial charge in [0.25, 0.3) is 5.56 Å². The number of aromatic nitrogens is 2. The summed E-state index contributed by atoms with van der Waals surface area (Å²) in [6.07, 6.45) is 0.564. The second-order valence-electron chi connectivity index (χ2n) is 2.17. The summed E-state index contributed by atoms with van der Waals surface area (Å²) in [5.74, 6) is 0.276. The van der Waals surface area contributed by atoms with E-state index in [0.29, 0.717) is 12.0 Å². The highest BCUT2D eigenvalue weighted by Crippen LogP contribution is 2.02. The van der Waals surface area contributed by atoms with E-state index in [1.165, 1.54) is 0 Å². The van der Waals surface area contributed by atoms with Gasteiger partial charge < -0.3 is 11.5 Å². The van der Waals surface area contributed by atoms with E-state index in [2.05, 4.69) is 9.97 Å². The van der Waals surface area contributed by atoms with E-state index in [-0.39, 0.29) is 17.3 Å². The van der Waals surface area contributed by atoms with Gasteiger partial charge in [0.1, 0.15) is 5.82 Å². The van der Waals surface area contributed by atoms with Crippen molar-refractivity contribution in [1.82, 2.24) is 9.97 Å². The van der Waals surface area contributed by atoms with Crippen molar-refractivity contribution in [2.24, 2.45) is 0 Å². The van der Waals surface area contributed by atoms with Gasteiger partial charge in [0.05, 0.1) is 5.56 Å². The van der Waals surface area contributed by atoms with E-state index in [1.54, 1.807) is 0 Å². The van der Waals surface area contributed by atoms with Gasteiger partial charge in [-0.2, -0.15) is 4.98 Å². The number of nitrogens with zero attached hydrogens (tertiary/aromatic N) is 1. The third kappa shape index (κ3) is 1.31. The van der Waals surface area contributed by atoms with Crippen LogP contribution in [0.2, 0.25) is 0 Å². The summed E-state index contributed by atoms with van der Waals surface area (Å²) in [5, 5.41) is 0. The summed E-state index contributed by atoms with van der Waals surface area (Å²) in [4.78, 5) is 17.1. The van der Waals surface area contributed by atoms with Crippen LogP contribution in [0.5, 0.6) is 0 Å². The first-order valence-electron chi connectivity index (χ1n) is 3.29. The molecule has 0 spiro atoms. The molecule has 0 atom stereocenters. The zero-order valence-electron chi connectivity index (χ0n) is 6.22. The highest BCUT2D eigenvalue weighted by molar-refractivity contribution is 5.41. The number of hydrogen-bond donors (Lipinski definition) is 3. The number of nitrogen functional groups attached to an aromatic ring is 2. The highest BCUT2D eigenvalue weighted by atomic mass is 16.1. The van der Waals surface area contributed by atoms with Gasteiger partial charge in [0, 0.05) is 0 Å². The van der Waals surface area contributed by atoms with Gasteiger partial charge in [-0.1, -0.05) is 6.92 Å². The van der Waals surface area contributed by atoms with Gasteiger partial charge in [-0.3, -0.25) is 9.78 Å². The molecule has 11 heavy (non-hydrogen) atoms. The molecule has 1 aromatic heterocycles. The Morgan fingerprint density at radius 2 is 2.18 bits per heavy atom. The third-order valence-corrected chi connectivity index (χ3v) is 1.42. The topological polar surface area (TPSA) is 97.8 Å². The van der Waals surface area contributed by atoms with Crippen molar-refractivity contribution >= 4 is 11.8 Å². The van der Waals surface area contributed by atoms with Crippen LogP contribution in [0.3, 0.4) is 0 Å². The average molecular weight is 154 g/mol. The fourth-order valence-electron chi connectivity index (χ4n) is 0.875. The lowest BCUT2D eigenvalue weighted by atomic mass is 10.2. The van der Waals surface area contributed by atoms with Gasteiger partial charge in [-0.05, 0) is 6.42 Å². The first-order valence-corrected chi connectivity index (χ1v) is 3.29. The van der Waals surface area contributed by atoms with Gasteiger partial charge in [-0.15, -0.1) is 0 Å².